The highest BCUT2D eigenvalue weighted by Crippen LogP contribution is 2.16. The van der Waals surface area contributed by atoms with Gasteiger partial charge in [-0.3, -0.25) is 4.99 Å². The number of hydrogen-bond acceptors (Lipinski definition) is 5. The lowest BCUT2D eigenvalue weighted by Crippen LogP contribution is -2.47. The maximum atomic E-state index is 4.64. The molecule has 0 aliphatic carbocycles. The van der Waals surface area contributed by atoms with Crippen LogP contribution in [0.4, 0.5) is 0 Å². The molecule has 1 aliphatic rings. The molecule has 142 valence electrons. The quantitative estimate of drug-likeness (QED) is 0.583. The number of nitrogens with zero attached hydrogens (tertiary/aromatic N) is 7. The van der Waals surface area contributed by atoms with E-state index in [4.69, 9.17) is 0 Å². The number of fused-ring (bicyclic) bond motifs is 1. The molecular weight excluding hydrogens is 330 g/mol. The van der Waals surface area contributed by atoms with Gasteiger partial charge in [-0.15, -0.1) is 10.2 Å². The van der Waals surface area contributed by atoms with Gasteiger partial charge in [-0.25, -0.2) is 9.67 Å². The van der Waals surface area contributed by atoms with Crippen LogP contribution in [0.1, 0.15) is 50.6 Å². The Bertz CT molecular complexity index is 743. The van der Waals surface area contributed by atoms with Crippen molar-refractivity contribution >= 4 is 5.96 Å². The molecule has 0 fully saturated rings. The molecule has 2 N–H and O–H groups in total. The minimum Gasteiger partial charge on any atom is -0.355 e. The second kappa shape index (κ2) is 8.29. The van der Waals surface area contributed by atoms with Crippen molar-refractivity contribution in [3.63, 3.8) is 0 Å². The fraction of sp³-hybridized carbons (Fsp3) is 0.706. The van der Waals surface area contributed by atoms with Gasteiger partial charge in [0.2, 0.25) is 0 Å². The highest BCUT2D eigenvalue weighted by Gasteiger charge is 2.23. The Hall–Kier alpha value is -2.45. The Morgan fingerprint density at radius 1 is 1.42 bits per heavy atom. The van der Waals surface area contributed by atoms with Crippen LogP contribution in [0.2, 0.25) is 0 Å². The van der Waals surface area contributed by atoms with Crippen molar-refractivity contribution in [2.75, 3.05) is 13.6 Å². The number of aliphatic imine (C=N–C) groups is 1. The molecule has 3 heterocycles. The lowest BCUT2D eigenvalue weighted by molar-refractivity contribution is 0.391. The first-order chi connectivity index (χ1) is 12.6. The van der Waals surface area contributed by atoms with Gasteiger partial charge in [0.25, 0.3) is 0 Å². The van der Waals surface area contributed by atoms with Crippen LogP contribution < -0.4 is 10.6 Å². The summed E-state index contributed by atoms with van der Waals surface area (Å²) in [5.41, 5.74) is 0. The van der Waals surface area contributed by atoms with Crippen molar-refractivity contribution in [3.05, 3.63) is 23.8 Å². The minimum absolute atomic E-state index is 0.302. The molecule has 2 aromatic rings. The predicted octanol–water partition coefficient (Wildman–Crippen LogP) is 0.735. The van der Waals surface area contributed by atoms with Crippen molar-refractivity contribution in [2.24, 2.45) is 4.99 Å². The Morgan fingerprint density at radius 2 is 2.27 bits per heavy atom. The van der Waals surface area contributed by atoms with Crippen LogP contribution in [-0.2, 0) is 25.9 Å². The van der Waals surface area contributed by atoms with Crippen LogP contribution >= 0.6 is 0 Å². The standard InChI is InChI=1S/C17H29N9/c1-5-14-23-20-11-25(14)9-8-19-17(18-4)21-13-6-7-15-22-16(12(2)3)24-26(15)10-13/h11-13H,5-10H2,1-4H3,(H2,18,19,21). The zero-order valence-electron chi connectivity index (χ0n) is 16.1. The first-order valence-corrected chi connectivity index (χ1v) is 9.38. The van der Waals surface area contributed by atoms with Crippen LogP contribution in [-0.4, -0.2) is 55.1 Å². The molecule has 0 saturated carbocycles. The van der Waals surface area contributed by atoms with E-state index < -0.39 is 0 Å². The van der Waals surface area contributed by atoms with Crippen molar-refractivity contribution < 1.29 is 0 Å². The number of nitrogens with one attached hydrogen (secondary N) is 2. The van der Waals surface area contributed by atoms with Gasteiger partial charge < -0.3 is 15.2 Å². The van der Waals surface area contributed by atoms with Gasteiger partial charge in [-0.1, -0.05) is 20.8 Å². The Balaban J connectivity index is 1.50. The minimum atomic E-state index is 0.302. The summed E-state index contributed by atoms with van der Waals surface area (Å²) < 4.78 is 4.10. The highest BCUT2D eigenvalue weighted by atomic mass is 15.4. The Kier molecular flexibility index (Phi) is 5.85. The van der Waals surface area contributed by atoms with Crippen LogP contribution in [0.3, 0.4) is 0 Å². The molecule has 0 bridgehead atoms. The largest absolute Gasteiger partial charge is 0.355 e. The number of aromatic nitrogens is 6. The van der Waals surface area contributed by atoms with E-state index in [1.54, 1.807) is 13.4 Å². The maximum absolute atomic E-state index is 4.64. The molecule has 1 atom stereocenters. The lowest BCUT2D eigenvalue weighted by Gasteiger charge is -2.25. The number of hydrogen-bond donors (Lipinski definition) is 2. The second-order valence-corrected chi connectivity index (χ2v) is 6.90. The van der Waals surface area contributed by atoms with E-state index in [1.165, 1.54) is 0 Å². The summed E-state index contributed by atoms with van der Waals surface area (Å²) in [7, 11) is 1.80. The topological polar surface area (TPSA) is 97.8 Å². The SMILES string of the molecule is CCc1nncn1CCNC(=NC)NC1CCc2nc(C(C)C)nn2C1. The molecule has 0 saturated heterocycles. The van der Waals surface area contributed by atoms with Gasteiger partial charge >= 0.3 is 0 Å². The first kappa shape index (κ1) is 18.3. The van der Waals surface area contributed by atoms with E-state index >= 15 is 0 Å². The molecule has 1 unspecified atom stereocenters. The van der Waals surface area contributed by atoms with Crippen molar-refractivity contribution in [3.8, 4) is 0 Å². The van der Waals surface area contributed by atoms with Gasteiger partial charge in [0, 0.05) is 44.9 Å². The molecular formula is C17H29N9. The predicted molar refractivity (Wildman–Crippen MR) is 100 cm³/mol. The van der Waals surface area contributed by atoms with E-state index in [2.05, 4.69) is 61.2 Å². The molecule has 9 heteroatoms. The third-order valence-electron chi connectivity index (χ3n) is 4.61. The van der Waals surface area contributed by atoms with Crippen LogP contribution in [0, 0.1) is 0 Å². The highest BCUT2D eigenvalue weighted by molar-refractivity contribution is 5.79. The average molecular weight is 359 g/mol. The summed E-state index contributed by atoms with van der Waals surface area (Å²) in [5, 5.41) is 19.6. The molecule has 9 nitrogen and oxygen atoms in total. The number of guanidine groups is 1. The smallest absolute Gasteiger partial charge is 0.191 e. The Labute approximate surface area is 154 Å². The fourth-order valence-electron chi connectivity index (χ4n) is 3.11. The van der Waals surface area contributed by atoms with Crippen LogP contribution in [0.25, 0.3) is 0 Å². The number of rotatable bonds is 6. The van der Waals surface area contributed by atoms with Crippen molar-refractivity contribution in [2.45, 2.75) is 65.1 Å². The first-order valence-electron chi connectivity index (χ1n) is 9.38. The van der Waals surface area contributed by atoms with Crippen molar-refractivity contribution in [1.82, 2.24) is 40.2 Å². The van der Waals surface area contributed by atoms with Crippen LogP contribution in [0.5, 0.6) is 0 Å². The summed E-state index contributed by atoms with van der Waals surface area (Å²) in [5.74, 6) is 4.20. The summed E-state index contributed by atoms with van der Waals surface area (Å²) >= 11 is 0. The van der Waals surface area contributed by atoms with E-state index in [0.29, 0.717) is 12.0 Å². The van der Waals surface area contributed by atoms with E-state index in [0.717, 1.165) is 62.3 Å². The Morgan fingerprint density at radius 3 is 3.00 bits per heavy atom. The van der Waals surface area contributed by atoms with E-state index in [9.17, 15) is 0 Å². The monoisotopic (exact) mass is 359 g/mol. The van der Waals surface area contributed by atoms with Crippen LogP contribution in [0.15, 0.2) is 11.3 Å². The number of aryl methyl sites for hydroxylation is 2. The van der Waals surface area contributed by atoms with E-state index in [1.807, 2.05) is 4.68 Å². The van der Waals surface area contributed by atoms with E-state index in [-0.39, 0.29) is 0 Å². The molecule has 0 spiro atoms. The zero-order valence-corrected chi connectivity index (χ0v) is 16.1. The molecule has 26 heavy (non-hydrogen) atoms. The molecule has 3 rings (SSSR count). The molecule has 1 aliphatic heterocycles. The normalized spacial score (nSPS) is 17.4. The molecule has 0 radical (unpaired) electrons. The van der Waals surface area contributed by atoms with Gasteiger partial charge in [0.15, 0.2) is 11.8 Å². The third kappa shape index (κ3) is 4.20. The van der Waals surface area contributed by atoms with Crippen molar-refractivity contribution in [1.29, 1.82) is 0 Å². The summed E-state index contributed by atoms with van der Waals surface area (Å²) in [6.45, 7) is 8.74. The molecule has 0 amide bonds. The zero-order chi connectivity index (χ0) is 18.5. The second-order valence-electron chi connectivity index (χ2n) is 6.90. The van der Waals surface area contributed by atoms with Gasteiger partial charge in [-0.05, 0) is 6.42 Å². The summed E-state index contributed by atoms with van der Waals surface area (Å²) in [4.78, 5) is 8.98. The maximum Gasteiger partial charge on any atom is 0.191 e. The third-order valence-corrected chi connectivity index (χ3v) is 4.61. The molecule has 0 aromatic carbocycles. The summed E-state index contributed by atoms with van der Waals surface area (Å²) in [6, 6.07) is 0.302. The lowest BCUT2D eigenvalue weighted by atomic mass is 10.1. The van der Waals surface area contributed by atoms with Gasteiger partial charge in [0.05, 0.1) is 6.54 Å². The average Bonchev–Trinajstić information content (AvgIpc) is 3.26. The summed E-state index contributed by atoms with van der Waals surface area (Å²) in [6.07, 6.45) is 4.63. The van der Waals surface area contributed by atoms with Gasteiger partial charge in [0.1, 0.15) is 18.0 Å². The van der Waals surface area contributed by atoms with Gasteiger partial charge in [-0.2, -0.15) is 5.10 Å². The molecule has 2 aromatic heterocycles. The fourth-order valence-corrected chi connectivity index (χ4v) is 3.11.